The number of hydrogen-bond donors (Lipinski definition) is 2. The standard InChI is InChI=1S/C14H17NO4/c1-8-12(16)15-10-6-9(4-5-11(10)19-8)7-14(2,3)13(17)18/h4-6,8H,7H2,1-3H3,(H,15,16)(H,17,18). The number of carbonyl (C=O) groups excluding carboxylic acids is 1. The maximum Gasteiger partial charge on any atom is 0.309 e. The molecule has 1 aliphatic heterocycles. The van der Waals surface area contributed by atoms with Gasteiger partial charge in [-0.1, -0.05) is 6.07 Å². The van der Waals surface area contributed by atoms with E-state index in [0.717, 1.165) is 5.56 Å². The van der Waals surface area contributed by atoms with E-state index in [2.05, 4.69) is 5.32 Å². The van der Waals surface area contributed by atoms with Crippen molar-refractivity contribution < 1.29 is 19.4 Å². The molecule has 0 spiro atoms. The van der Waals surface area contributed by atoms with Crippen LogP contribution in [0.1, 0.15) is 26.3 Å². The number of anilines is 1. The molecular weight excluding hydrogens is 246 g/mol. The molecule has 1 aromatic carbocycles. The molecular formula is C14H17NO4. The maximum atomic E-state index is 11.5. The van der Waals surface area contributed by atoms with Crippen molar-refractivity contribution in [2.75, 3.05) is 5.32 Å². The van der Waals surface area contributed by atoms with Gasteiger partial charge in [-0.15, -0.1) is 0 Å². The summed E-state index contributed by atoms with van der Waals surface area (Å²) in [7, 11) is 0. The normalized spacial score (nSPS) is 18.3. The molecule has 5 nitrogen and oxygen atoms in total. The fourth-order valence-corrected chi connectivity index (χ4v) is 1.95. The highest BCUT2D eigenvalue weighted by Crippen LogP contribution is 2.32. The second-order valence-electron chi connectivity index (χ2n) is 5.45. The smallest absolute Gasteiger partial charge is 0.309 e. The van der Waals surface area contributed by atoms with Crippen LogP contribution in [0.15, 0.2) is 18.2 Å². The fraction of sp³-hybridized carbons (Fsp3) is 0.429. The Morgan fingerprint density at radius 1 is 1.47 bits per heavy atom. The van der Waals surface area contributed by atoms with E-state index < -0.39 is 17.5 Å². The number of ether oxygens (including phenoxy) is 1. The summed E-state index contributed by atoms with van der Waals surface area (Å²) in [5.74, 6) is -0.426. The number of benzene rings is 1. The number of hydrogen-bond acceptors (Lipinski definition) is 3. The molecule has 1 heterocycles. The molecule has 0 bridgehead atoms. The van der Waals surface area contributed by atoms with Crippen LogP contribution in [0.25, 0.3) is 0 Å². The zero-order valence-electron chi connectivity index (χ0n) is 11.2. The monoisotopic (exact) mass is 263 g/mol. The molecule has 19 heavy (non-hydrogen) atoms. The molecule has 2 N–H and O–H groups in total. The van der Waals surface area contributed by atoms with Gasteiger partial charge in [0.25, 0.3) is 5.91 Å². The van der Waals surface area contributed by atoms with Crippen LogP contribution in [-0.4, -0.2) is 23.1 Å². The lowest BCUT2D eigenvalue weighted by atomic mass is 9.86. The van der Waals surface area contributed by atoms with Crippen molar-refractivity contribution in [2.24, 2.45) is 5.41 Å². The summed E-state index contributed by atoms with van der Waals surface area (Å²) in [6.45, 7) is 5.03. The Morgan fingerprint density at radius 2 is 2.16 bits per heavy atom. The third-order valence-corrected chi connectivity index (χ3v) is 3.20. The number of nitrogens with one attached hydrogen (secondary N) is 1. The zero-order valence-corrected chi connectivity index (χ0v) is 11.2. The second-order valence-corrected chi connectivity index (χ2v) is 5.45. The Hall–Kier alpha value is -2.04. The van der Waals surface area contributed by atoms with E-state index in [-0.39, 0.29) is 5.91 Å². The van der Waals surface area contributed by atoms with Crippen LogP contribution in [0.3, 0.4) is 0 Å². The van der Waals surface area contributed by atoms with E-state index in [0.29, 0.717) is 17.9 Å². The minimum atomic E-state index is -0.848. The Bertz CT molecular complexity index is 536. The first-order valence-corrected chi connectivity index (χ1v) is 6.13. The highest BCUT2D eigenvalue weighted by molar-refractivity contribution is 5.97. The number of fused-ring (bicyclic) bond motifs is 1. The van der Waals surface area contributed by atoms with Gasteiger partial charge in [0, 0.05) is 0 Å². The van der Waals surface area contributed by atoms with Gasteiger partial charge >= 0.3 is 5.97 Å². The molecule has 0 fully saturated rings. The fourth-order valence-electron chi connectivity index (χ4n) is 1.95. The van der Waals surface area contributed by atoms with Crippen molar-refractivity contribution in [3.63, 3.8) is 0 Å². The molecule has 1 unspecified atom stereocenters. The molecule has 2 rings (SSSR count). The van der Waals surface area contributed by atoms with Crippen LogP contribution in [0.5, 0.6) is 5.75 Å². The molecule has 1 aliphatic rings. The Kier molecular flexibility index (Phi) is 3.22. The molecule has 1 aromatic rings. The molecule has 1 atom stereocenters. The Balaban J connectivity index is 2.25. The molecule has 1 amide bonds. The lowest BCUT2D eigenvalue weighted by molar-refractivity contribution is -0.146. The highest BCUT2D eigenvalue weighted by atomic mass is 16.5. The van der Waals surface area contributed by atoms with E-state index in [1.807, 2.05) is 6.07 Å². The first kappa shape index (κ1) is 13.4. The second kappa shape index (κ2) is 4.57. The summed E-state index contributed by atoms with van der Waals surface area (Å²) in [5, 5.41) is 11.9. The van der Waals surface area contributed by atoms with Crippen molar-refractivity contribution >= 4 is 17.6 Å². The van der Waals surface area contributed by atoms with Crippen LogP contribution >= 0.6 is 0 Å². The predicted octanol–water partition coefficient (Wildman–Crippen LogP) is 2.06. The van der Waals surface area contributed by atoms with E-state index in [1.54, 1.807) is 32.9 Å². The van der Waals surface area contributed by atoms with Gasteiger partial charge in [-0.25, -0.2) is 0 Å². The maximum absolute atomic E-state index is 11.5. The summed E-state index contributed by atoms with van der Waals surface area (Å²) in [6, 6.07) is 5.36. The third-order valence-electron chi connectivity index (χ3n) is 3.20. The minimum absolute atomic E-state index is 0.192. The van der Waals surface area contributed by atoms with Crippen LogP contribution in [0, 0.1) is 5.41 Å². The number of amides is 1. The summed E-state index contributed by atoms with van der Waals surface area (Å²) in [6.07, 6.45) is -0.116. The van der Waals surface area contributed by atoms with Gasteiger partial charge in [-0.3, -0.25) is 9.59 Å². The highest BCUT2D eigenvalue weighted by Gasteiger charge is 2.29. The Morgan fingerprint density at radius 3 is 2.79 bits per heavy atom. The van der Waals surface area contributed by atoms with Crippen molar-refractivity contribution in [3.8, 4) is 5.75 Å². The van der Waals surface area contributed by atoms with E-state index in [4.69, 9.17) is 9.84 Å². The Labute approximate surface area is 111 Å². The molecule has 0 radical (unpaired) electrons. The molecule has 0 aliphatic carbocycles. The third kappa shape index (κ3) is 2.70. The van der Waals surface area contributed by atoms with Gasteiger partial charge in [0.15, 0.2) is 6.10 Å². The number of rotatable bonds is 3. The van der Waals surface area contributed by atoms with E-state index in [9.17, 15) is 9.59 Å². The van der Waals surface area contributed by atoms with Crippen molar-refractivity contribution in [1.82, 2.24) is 0 Å². The number of carboxylic acid groups (broad SMARTS) is 1. The average molecular weight is 263 g/mol. The van der Waals surface area contributed by atoms with Crippen molar-refractivity contribution in [3.05, 3.63) is 23.8 Å². The summed E-state index contributed by atoms with van der Waals surface area (Å²) in [4.78, 5) is 22.6. The SMILES string of the molecule is CC1Oc2ccc(CC(C)(C)C(=O)O)cc2NC1=O. The topological polar surface area (TPSA) is 75.6 Å². The van der Waals surface area contributed by atoms with E-state index in [1.165, 1.54) is 0 Å². The van der Waals surface area contributed by atoms with Gasteiger partial charge < -0.3 is 15.2 Å². The van der Waals surface area contributed by atoms with Gasteiger partial charge in [-0.2, -0.15) is 0 Å². The van der Waals surface area contributed by atoms with Gasteiger partial charge in [0.2, 0.25) is 0 Å². The van der Waals surface area contributed by atoms with Crippen LogP contribution in [0.2, 0.25) is 0 Å². The zero-order chi connectivity index (χ0) is 14.2. The summed E-state index contributed by atoms with van der Waals surface area (Å²) >= 11 is 0. The first-order valence-electron chi connectivity index (χ1n) is 6.13. The van der Waals surface area contributed by atoms with E-state index >= 15 is 0 Å². The average Bonchev–Trinajstić information content (AvgIpc) is 2.30. The van der Waals surface area contributed by atoms with Crippen molar-refractivity contribution in [2.45, 2.75) is 33.3 Å². The largest absolute Gasteiger partial charge is 0.481 e. The number of carboxylic acids is 1. The molecule has 0 aromatic heterocycles. The summed E-state index contributed by atoms with van der Waals surface area (Å²) in [5.41, 5.74) is 0.604. The van der Waals surface area contributed by atoms with Crippen LogP contribution < -0.4 is 10.1 Å². The van der Waals surface area contributed by atoms with Crippen LogP contribution in [-0.2, 0) is 16.0 Å². The molecule has 102 valence electrons. The van der Waals surface area contributed by atoms with Gasteiger partial charge in [-0.05, 0) is 44.9 Å². The van der Waals surface area contributed by atoms with Crippen molar-refractivity contribution in [1.29, 1.82) is 0 Å². The number of aliphatic carboxylic acids is 1. The first-order chi connectivity index (χ1) is 8.79. The molecule has 0 saturated heterocycles. The molecule has 0 saturated carbocycles. The van der Waals surface area contributed by atoms with Crippen LogP contribution in [0.4, 0.5) is 5.69 Å². The lowest BCUT2D eigenvalue weighted by Gasteiger charge is -2.25. The lowest BCUT2D eigenvalue weighted by Crippen LogP contribution is -2.34. The molecule has 5 heteroatoms. The summed E-state index contributed by atoms with van der Waals surface area (Å²) < 4.78 is 5.45. The minimum Gasteiger partial charge on any atom is -0.481 e. The number of carbonyl (C=O) groups is 2. The predicted molar refractivity (Wildman–Crippen MR) is 70.3 cm³/mol. The van der Waals surface area contributed by atoms with Gasteiger partial charge in [0.05, 0.1) is 11.1 Å². The quantitative estimate of drug-likeness (QED) is 0.875. The van der Waals surface area contributed by atoms with Gasteiger partial charge in [0.1, 0.15) is 5.75 Å².